The summed E-state index contributed by atoms with van der Waals surface area (Å²) in [4.78, 5) is 21.0. The number of para-hydroxylation sites is 2. The van der Waals surface area contributed by atoms with E-state index in [0.717, 1.165) is 12.1 Å². The van der Waals surface area contributed by atoms with E-state index in [-0.39, 0.29) is 22.5 Å². The molecule has 1 atom stereocenters. The van der Waals surface area contributed by atoms with Crippen LogP contribution in [0.2, 0.25) is 0 Å². The average Bonchev–Trinajstić information content (AvgIpc) is 3.21. The van der Waals surface area contributed by atoms with Crippen LogP contribution in [-0.4, -0.2) is 37.7 Å². The predicted octanol–water partition coefficient (Wildman–Crippen LogP) is 4.48. The van der Waals surface area contributed by atoms with Crippen molar-refractivity contribution in [3.63, 3.8) is 0 Å². The van der Waals surface area contributed by atoms with Gasteiger partial charge in [0, 0.05) is 17.2 Å². The Bertz CT molecular complexity index is 1340. The number of aliphatic hydroxyl groups excluding tert-OH is 3. The lowest BCUT2D eigenvalue weighted by Crippen LogP contribution is -2.12. The summed E-state index contributed by atoms with van der Waals surface area (Å²) in [6, 6.07) is 14.0. The Balaban J connectivity index is 1.96. The molecule has 1 heterocycles. The molecule has 0 amide bonds. The number of allylic oxidation sites excluding steroid dienone is 1. The smallest absolute Gasteiger partial charge is 0.200 e. The summed E-state index contributed by atoms with van der Waals surface area (Å²) in [6.07, 6.45) is -1.21. The molecule has 33 heavy (non-hydrogen) atoms. The average molecular weight is 450 g/mol. The first-order valence-corrected chi connectivity index (χ1v) is 10.1. The van der Waals surface area contributed by atoms with Crippen LogP contribution >= 0.6 is 0 Å². The number of benzene rings is 3. The van der Waals surface area contributed by atoms with Gasteiger partial charge in [0.25, 0.3) is 0 Å². The zero-order valence-electron chi connectivity index (χ0n) is 17.5. The minimum absolute atomic E-state index is 0.0101. The number of fused-ring (bicyclic) bond motifs is 1. The number of rotatable bonds is 6. The molecular weight excluding hydrogens is 430 g/mol. The highest BCUT2D eigenvalue weighted by atomic mass is 19.1. The number of hydrogen-bond acceptors (Lipinski definition) is 5. The molecule has 4 rings (SSSR count). The molecule has 0 aliphatic heterocycles. The predicted molar refractivity (Wildman–Crippen MR) is 119 cm³/mol. The lowest BCUT2D eigenvalue weighted by molar-refractivity contribution is 0.0948. The topological polar surface area (TPSA) is 106 Å². The van der Waals surface area contributed by atoms with Crippen molar-refractivity contribution in [1.82, 2.24) is 9.97 Å². The molecule has 0 unspecified atom stereocenters. The van der Waals surface area contributed by atoms with Crippen molar-refractivity contribution in [2.45, 2.75) is 13.0 Å². The minimum atomic E-state index is -1.21. The number of nitrogens with zero attached hydrogens (tertiary/aromatic N) is 1. The lowest BCUT2D eigenvalue weighted by Gasteiger charge is -2.15. The maximum absolute atomic E-state index is 13.9. The molecule has 0 spiro atoms. The highest BCUT2D eigenvalue weighted by Crippen LogP contribution is 2.31. The van der Waals surface area contributed by atoms with Crippen LogP contribution in [0.5, 0.6) is 0 Å². The molecule has 0 radical (unpaired) electrons. The molecule has 0 bridgehead atoms. The van der Waals surface area contributed by atoms with E-state index >= 15 is 0 Å². The molecule has 6 nitrogen and oxygen atoms in total. The van der Waals surface area contributed by atoms with Crippen molar-refractivity contribution < 1.29 is 28.9 Å². The fourth-order valence-electron chi connectivity index (χ4n) is 3.73. The van der Waals surface area contributed by atoms with Crippen LogP contribution in [0.25, 0.3) is 22.4 Å². The highest BCUT2D eigenvalue weighted by molar-refractivity contribution is 6.33. The van der Waals surface area contributed by atoms with Gasteiger partial charge >= 0.3 is 0 Å². The summed E-state index contributed by atoms with van der Waals surface area (Å²) >= 11 is 0. The van der Waals surface area contributed by atoms with Crippen molar-refractivity contribution in [2.75, 3.05) is 6.61 Å². The van der Waals surface area contributed by atoms with E-state index in [0.29, 0.717) is 28.2 Å². The van der Waals surface area contributed by atoms with Crippen LogP contribution in [0, 0.1) is 18.6 Å². The molecule has 0 saturated heterocycles. The van der Waals surface area contributed by atoms with Gasteiger partial charge in [0.1, 0.15) is 34.9 Å². The van der Waals surface area contributed by atoms with Gasteiger partial charge in [-0.05, 0) is 42.3 Å². The van der Waals surface area contributed by atoms with Gasteiger partial charge in [-0.15, -0.1) is 0 Å². The third-order valence-corrected chi connectivity index (χ3v) is 5.38. The Morgan fingerprint density at radius 1 is 1.06 bits per heavy atom. The van der Waals surface area contributed by atoms with E-state index in [1.807, 2.05) is 0 Å². The largest absolute Gasteiger partial charge is 0.506 e. The van der Waals surface area contributed by atoms with E-state index in [2.05, 4.69) is 9.97 Å². The van der Waals surface area contributed by atoms with Crippen LogP contribution < -0.4 is 0 Å². The molecule has 0 aliphatic rings. The summed E-state index contributed by atoms with van der Waals surface area (Å²) in [6.45, 7) is 1.05. The molecule has 0 saturated carbocycles. The molecule has 1 aromatic heterocycles. The fourth-order valence-corrected chi connectivity index (χ4v) is 3.73. The fraction of sp³-hybridized carbons (Fsp3) is 0.120. The van der Waals surface area contributed by atoms with Gasteiger partial charge in [-0.3, -0.25) is 4.79 Å². The number of carbonyl (C=O) groups is 1. The summed E-state index contributed by atoms with van der Waals surface area (Å²) in [5, 5.41) is 30.5. The van der Waals surface area contributed by atoms with Gasteiger partial charge in [0.15, 0.2) is 0 Å². The maximum atomic E-state index is 13.9. The molecule has 8 heteroatoms. The second kappa shape index (κ2) is 8.93. The summed E-state index contributed by atoms with van der Waals surface area (Å²) < 4.78 is 27.7. The summed E-state index contributed by atoms with van der Waals surface area (Å²) in [7, 11) is 0. The summed E-state index contributed by atoms with van der Waals surface area (Å²) in [5.74, 6) is -3.17. The number of H-pyrrole nitrogens is 1. The first kappa shape index (κ1) is 22.3. The van der Waals surface area contributed by atoms with Crippen LogP contribution in [0.15, 0.2) is 60.7 Å². The van der Waals surface area contributed by atoms with Gasteiger partial charge in [-0.1, -0.05) is 30.3 Å². The number of aliphatic hydroxyl groups is 3. The number of carbonyl (C=O) groups excluding carboxylic acids is 1. The minimum Gasteiger partial charge on any atom is -0.506 e. The normalized spacial score (nSPS) is 13.1. The molecule has 3 aromatic carbocycles. The molecule has 0 aliphatic carbocycles. The number of Topliss-reactive ketones (excluding diaryl/α,β-unsaturated/α-hetero) is 1. The number of aromatic amines is 1. The zero-order chi connectivity index (χ0) is 23.7. The number of halogens is 2. The van der Waals surface area contributed by atoms with E-state index in [1.165, 1.54) is 12.1 Å². The molecule has 4 aromatic rings. The SMILES string of the molecule is Cc1c(C(=O)C(=C(O)c2cc(F)cc(F)c2)c2nc3ccccc3[nH]2)cccc1[C@@H](O)CO. The van der Waals surface area contributed by atoms with Gasteiger partial charge < -0.3 is 20.3 Å². The van der Waals surface area contributed by atoms with E-state index in [9.17, 15) is 28.9 Å². The van der Waals surface area contributed by atoms with Gasteiger partial charge in [-0.25, -0.2) is 13.8 Å². The monoisotopic (exact) mass is 450 g/mol. The molecule has 0 fully saturated rings. The van der Waals surface area contributed by atoms with Gasteiger partial charge in [-0.2, -0.15) is 0 Å². The van der Waals surface area contributed by atoms with E-state index in [1.54, 1.807) is 37.3 Å². The standard InChI is InChI=1S/C25H20F2N2O4/c1-13-17(21(31)12-30)5-4-6-18(13)24(33)22(23(32)14-9-15(26)11-16(27)10-14)25-28-19-7-2-3-8-20(19)29-25/h2-11,21,30-32H,12H2,1H3,(H,28,29)/t21-/m0/s1. The van der Waals surface area contributed by atoms with Crippen LogP contribution in [0.4, 0.5) is 8.78 Å². The zero-order valence-corrected chi connectivity index (χ0v) is 17.5. The van der Waals surface area contributed by atoms with Crippen molar-refractivity contribution in [3.8, 4) is 0 Å². The van der Waals surface area contributed by atoms with E-state index in [4.69, 9.17) is 0 Å². The summed E-state index contributed by atoms with van der Waals surface area (Å²) in [5.41, 5.74) is 1.43. The van der Waals surface area contributed by atoms with Gasteiger partial charge in [0.2, 0.25) is 5.78 Å². The van der Waals surface area contributed by atoms with E-state index < -0.39 is 35.9 Å². The lowest BCUT2D eigenvalue weighted by atomic mass is 9.91. The van der Waals surface area contributed by atoms with Crippen LogP contribution in [-0.2, 0) is 0 Å². The number of aromatic nitrogens is 2. The number of nitrogens with one attached hydrogen (secondary N) is 1. The third kappa shape index (κ3) is 4.26. The second-order valence-corrected chi connectivity index (χ2v) is 7.53. The van der Waals surface area contributed by atoms with Gasteiger partial charge in [0.05, 0.1) is 17.6 Å². The van der Waals surface area contributed by atoms with Crippen LogP contribution in [0.1, 0.15) is 39.0 Å². The van der Waals surface area contributed by atoms with Crippen molar-refractivity contribution >= 4 is 28.1 Å². The van der Waals surface area contributed by atoms with Crippen molar-refractivity contribution in [2.24, 2.45) is 0 Å². The molecular formula is C25H20F2N2O4. The number of hydrogen-bond donors (Lipinski definition) is 4. The highest BCUT2D eigenvalue weighted by Gasteiger charge is 2.26. The first-order valence-electron chi connectivity index (χ1n) is 10.1. The molecule has 168 valence electrons. The molecule has 4 N–H and O–H groups in total. The number of imidazole rings is 1. The van der Waals surface area contributed by atoms with Crippen LogP contribution in [0.3, 0.4) is 0 Å². The first-order chi connectivity index (χ1) is 15.8. The van der Waals surface area contributed by atoms with Crippen molar-refractivity contribution in [1.29, 1.82) is 0 Å². The maximum Gasteiger partial charge on any atom is 0.200 e. The third-order valence-electron chi connectivity index (χ3n) is 5.38. The second-order valence-electron chi connectivity index (χ2n) is 7.53. The Hall–Kier alpha value is -3.88. The Kier molecular flexibility index (Phi) is 6.04. The quantitative estimate of drug-likeness (QED) is 0.197. The number of ketones is 1. The Morgan fingerprint density at radius 3 is 2.42 bits per heavy atom. The Morgan fingerprint density at radius 2 is 1.76 bits per heavy atom. The van der Waals surface area contributed by atoms with Crippen molar-refractivity contribution in [3.05, 3.63) is 100 Å². The Labute approximate surface area is 187 Å².